The summed E-state index contributed by atoms with van der Waals surface area (Å²) in [5.74, 6) is 1.47. The van der Waals surface area contributed by atoms with E-state index in [1.165, 1.54) is 4.68 Å². The zero-order chi connectivity index (χ0) is 24.9. The van der Waals surface area contributed by atoms with Gasteiger partial charge in [0.2, 0.25) is 0 Å². The predicted octanol–water partition coefficient (Wildman–Crippen LogP) is 6.19. The molecule has 0 bridgehead atoms. The minimum atomic E-state index is -0.267. The molecular weight excluding hydrogens is 474 g/mol. The van der Waals surface area contributed by atoms with E-state index in [9.17, 15) is 4.79 Å². The number of nitrogens with zero attached hydrogens (tertiary/aromatic N) is 3. The predicted molar refractivity (Wildman–Crippen MR) is 143 cm³/mol. The molecule has 0 aliphatic carbocycles. The van der Waals surface area contributed by atoms with Gasteiger partial charge in [-0.15, -0.1) is 0 Å². The molecule has 0 radical (unpaired) electrons. The van der Waals surface area contributed by atoms with Crippen molar-refractivity contribution in [3.05, 3.63) is 124 Å². The van der Waals surface area contributed by atoms with E-state index in [-0.39, 0.29) is 12.2 Å². The molecule has 4 aromatic carbocycles. The molecule has 0 saturated carbocycles. The summed E-state index contributed by atoms with van der Waals surface area (Å²) < 4.78 is 13.0. The van der Waals surface area contributed by atoms with Crippen molar-refractivity contribution in [2.24, 2.45) is 5.10 Å². The SMILES string of the molecule is COc1cccc(C=Nn2c(-c3ccccc3)nc3ccccc3c2=O)c1OCc1ccccc1Cl. The Morgan fingerprint density at radius 3 is 2.47 bits per heavy atom. The maximum absolute atomic E-state index is 13.4. The van der Waals surface area contributed by atoms with Crippen LogP contribution in [0.3, 0.4) is 0 Å². The Bertz CT molecular complexity index is 1610. The van der Waals surface area contributed by atoms with Gasteiger partial charge in [-0.05, 0) is 30.3 Å². The van der Waals surface area contributed by atoms with Crippen LogP contribution < -0.4 is 15.0 Å². The van der Waals surface area contributed by atoms with Crippen molar-refractivity contribution in [2.75, 3.05) is 7.11 Å². The number of methoxy groups -OCH3 is 1. The van der Waals surface area contributed by atoms with Crippen molar-refractivity contribution < 1.29 is 9.47 Å². The summed E-state index contributed by atoms with van der Waals surface area (Å²) in [7, 11) is 1.57. The molecule has 1 aromatic heterocycles. The summed E-state index contributed by atoms with van der Waals surface area (Å²) in [6.07, 6.45) is 1.58. The van der Waals surface area contributed by atoms with E-state index in [4.69, 9.17) is 26.1 Å². The molecule has 36 heavy (non-hydrogen) atoms. The maximum atomic E-state index is 13.4. The average molecular weight is 496 g/mol. The fourth-order valence-electron chi connectivity index (χ4n) is 3.84. The van der Waals surface area contributed by atoms with Crippen molar-refractivity contribution in [3.8, 4) is 22.9 Å². The zero-order valence-electron chi connectivity index (χ0n) is 19.5. The van der Waals surface area contributed by atoms with E-state index >= 15 is 0 Å². The van der Waals surface area contributed by atoms with E-state index in [1.54, 1.807) is 25.5 Å². The second kappa shape index (κ2) is 10.5. The van der Waals surface area contributed by atoms with Gasteiger partial charge in [0.1, 0.15) is 6.61 Å². The molecule has 7 heteroatoms. The third-order valence-electron chi connectivity index (χ3n) is 5.66. The first-order chi connectivity index (χ1) is 17.7. The van der Waals surface area contributed by atoms with Gasteiger partial charge in [-0.3, -0.25) is 4.79 Å². The number of hydrogen-bond acceptors (Lipinski definition) is 5. The van der Waals surface area contributed by atoms with Gasteiger partial charge >= 0.3 is 0 Å². The largest absolute Gasteiger partial charge is 0.493 e. The lowest BCUT2D eigenvalue weighted by Crippen LogP contribution is -2.20. The molecule has 0 amide bonds. The Morgan fingerprint density at radius 2 is 1.67 bits per heavy atom. The van der Waals surface area contributed by atoms with Gasteiger partial charge in [0, 0.05) is 21.7 Å². The summed E-state index contributed by atoms with van der Waals surface area (Å²) in [6.45, 7) is 0.244. The maximum Gasteiger partial charge on any atom is 0.282 e. The van der Waals surface area contributed by atoms with E-state index in [0.717, 1.165) is 11.1 Å². The van der Waals surface area contributed by atoms with Crippen molar-refractivity contribution in [1.82, 2.24) is 9.66 Å². The molecule has 0 saturated heterocycles. The fraction of sp³-hybridized carbons (Fsp3) is 0.0690. The molecule has 0 unspecified atom stereocenters. The number of fused-ring (bicyclic) bond motifs is 1. The van der Waals surface area contributed by atoms with Crippen molar-refractivity contribution in [3.63, 3.8) is 0 Å². The number of rotatable bonds is 7. The number of aromatic nitrogens is 2. The quantitative estimate of drug-likeness (QED) is 0.253. The summed E-state index contributed by atoms with van der Waals surface area (Å²) in [5.41, 5.74) is 2.60. The molecule has 178 valence electrons. The molecule has 0 spiro atoms. The Labute approximate surface area is 213 Å². The van der Waals surface area contributed by atoms with Crippen LogP contribution in [0.25, 0.3) is 22.3 Å². The highest BCUT2D eigenvalue weighted by Crippen LogP contribution is 2.31. The van der Waals surface area contributed by atoms with E-state index in [0.29, 0.717) is 38.8 Å². The van der Waals surface area contributed by atoms with Gasteiger partial charge in [0.25, 0.3) is 5.56 Å². The molecule has 0 aliphatic rings. The summed E-state index contributed by atoms with van der Waals surface area (Å²) >= 11 is 6.30. The summed E-state index contributed by atoms with van der Waals surface area (Å²) in [6, 6.07) is 29.7. The molecule has 0 aliphatic heterocycles. The Kier molecular flexibility index (Phi) is 6.78. The topological polar surface area (TPSA) is 65.7 Å². The van der Waals surface area contributed by atoms with Gasteiger partial charge in [0.05, 0.1) is 24.2 Å². The fourth-order valence-corrected chi connectivity index (χ4v) is 4.03. The van der Waals surface area contributed by atoms with Crippen LogP contribution in [0.2, 0.25) is 5.02 Å². The minimum Gasteiger partial charge on any atom is -0.493 e. The lowest BCUT2D eigenvalue weighted by atomic mass is 10.2. The molecule has 0 fully saturated rings. The second-order valence-electron chi connectivity index (χ2n) is 7.94. The molecule has 1 heterocycles. The third kappa shape index (κ3) is 4.72. The highest BCUT2D eigenvalue weighted by Gasteiger charge is 2.14. The summed E-state index contributed by atoms with van der Waals surface area (Å²) in [5, 5.41) is 5.66. The first kappa shape index (κ1) is 23.3. The van der Waals surface area contributed by atoms with Gasteiger partial charge in [-0.1, -0.05) is 78.3 Å². The molecule has 0 atom stereocenters. The second-order valence-corrected chi connectivity index (χ2v) is 8.35. The lowest BCUT2D eigenvalue weighted by Gasteiger charge is -2.14. The Balaban J connectivity index is 1.59. The molecule has 0 N–H and O–H groups in total. The first-order valence-corrected chi connectivity index (χ1v) is 11.7. The van der Waals surface area contributed by atoms with Crippen LogP contribution in [-0.2, 0) is 6.61 Å². The van der Waals surface area contributed by atoms with E-state index in [2.05, 4.69) is 5.10 Å². The van der Waals surface area contributed by atoms with Crippen LogP contribution in [0.5, 0.6) is 11.5 Å². The normalized spacial score (nSPS) is 11.2. The lowest BCUT2D eigenvalue weighted by molar-refractivity contribution is 0.284. The van der Waals surface area contributed by atoms with Crippen molar-refractivity contribution in [2.45, 2.75) is 6.61 Å². The van der Waals surface area contributed by atoms with Crippen molar-refractivity contribution in [1.29, 1.82) is 0 Å². The highest BCUT2D eigenvalue weighted by atomic mass is 35.5. The number of ether oxygens (including phenoxy) is 2. The van der Waals surface area contributed by atoms with Gasteiger partial charge in [-0.25, -0.2) is 4.98 Å². The van der Waals surface area contributed by atoms with Crippen LogP contribution in [0.1, 0.15) is 11.1 Å². The molecular formula is C29H22ClN3O3. The zero-order valence-corrected chi connectivity index (χ0v) is 20.2. The molecule has 5 rings (SSSR count). The Hall–Kier alpha value is -4.42. The Morgan fingerprint density at radius 1 is 0.917 bits per heavy atom. The van der Waals surface area contributed by atoms with Gasteiger partial charge in [-0.2, -0.15) is 9.78 Å². The van der Waals surface area contributed by atoms with Crippen LogP contribution in [0.15, 0.2) is 107 Å². The van der Waals surface area contributed by atoms with Crippen LogP contribution in [0.4, 0.5) is 0 Å². The average Bonchev–Trinajstić information content (AvgIpc) is 2.92. The van der Waals surface area contributed by atoms with Crippen LogP contribution >= 0.6 is 11.6 Å². The minimum absolute atomic E-state index is 0.244. The standard InChI is InChI=1S/C29H22ClN3O3/c1-35-26-17-9-13-21(27(26)36-19-22-12-5-7-15-24(22)30)18-31-33-28(20-10-3-2-4-11-20)32-25-16-8-6-14-23(25)29(33)34/h2-18H,19H2,1H3. The first-order valence-electron chi connectivity index (χ1n) is 11.3. The van der Waals surface area contributed by atoms with Crippen LogP contribution in [-0.4, -0.2) is 23.0 Å². The smallest absolute Gasteiger partial charge is 0.282 e. The van der Waals surface area contributed by atoms with Crippen molar-refractivity contribution >= 4 is 28.7 Å². The van der Waals surface area contributed by atoms with Crippen LogP contribution in [0, 0.1) is 0 Å². The number of para-hydroxylation sites is 2. The van der Waals surface area contributed by atoms with Gasteiger partial charge < -0.3 is 9.47 Å². The summed E-state index contributed by atoms with van der Waals surface area (Å²) in [4.78, 5) is 18.2. The van der Waals surface area contributed by atoms with E-state index in [1.807, 2.05) is 84.9 Å². The molecule has 5 aromatic rings. The van der Waals surface area contributed by atoms with E-state index < -0.39 is 0 Å². The number of hydrogen-bond donors (Lipinski definition) is 0. The van der Waals surface area contributed by atoms with Gasteiger partial charge in [0.15, 0.2) is 17.3 Å². The third-order valence-corrected chi connectivity index (χ3v) is 6.03. The number of halogens is 1. The monoisotopic (exact) mass is 495 g/mol. The number of benzene rings is 4. The molecule has 6 nitrogen and oxygen atoms in total. The highest BCUT2D eigenvalue weighted by molar-refractivity contribution is 6.31.